The molecule has 0 bridgehead atoms. The molecule has 3 aromatic rings. The number of carbonyl (C=O) groups is 4. The first-order valence-electron chi connectivity index (χ1n) is 11.2. The lowest BCUT2D eigenvalue weighted by atomic mass is 10.1. The van der Waals surface area contributed by atoms with E-state index in [1.54, 1.807) is 0 Å². The topological polar surface area (TPSA) is 119 Å². The van der Waals surface area contributed by atoms with Crippen molar-refractivity contribution in [3.8, 4) is 0 Å². The molecule has 0 unspecified atom stereocenters. The Kier molecular flexibility index (Phi) is 9.74. The number of amides is 1. The summed E-state index contributed by atoms with van der Waals surface area (Å²) in [7, 11) is 0. The fraction of sp³-hybridized carbons (Fsp3) is 0.154. The summed E-state index contributed by atoms with van der Waals surface area (Å²) in [4.78, 5) is 50.6. The molecule has 16 heteroatoms. The molecular formula is C26H15Cl2F6NO7. The highest BCUT2D eigenvalue weighted by Gasteiger charge is 2.42. The van der Waals surface area contributed by atoms with Crippen molar-refractivity contribution in [1.29, 1.82) is 0 Å². The molecule has 3 aromatic carbocycles. The van der Waals surface area contributed by atoms with E-state index in [-0.39, 0.29) is 15.7 Å². The zero-order chi connectivity index (χ0) is 31.4. The number of carboxylic acid groups (broad SMARTS) is 1. The van der Waals surface area contributed by atoms with Gasteiger partial charge in [-0.2, -0.15) is 26.3 Å². The number of rotatable bonds is 8. The van der Waals surface area contributed by atoms with Gasteiger partial charge >= 0.3 is 30.3 Å². The predicted octanol–water partition coefficient (Wildman–Crippen LogP) is 6.51. The van der Waals surface area contributed by atoms with Crippen molar-refractivity contribution < 1.29 is 60.1 Å². The van der Waals surface area contributed by atoms with E-state index >= 15 is 0 Å². The van der Waals surface area contributed by atoms with E-state index < -0.39 is 70.6 Å². The van der Waals surface area contributed by atoms with E-state index in [1.165, 1.54) is 6.07 Å². The highest BCUT2D eigenvalue weighted by Crippen LogP contribution is 2.31. The van der Waals surface area contributed by atoms with Gasteiger partial charge in [-0.25, -0.2) is 14.4 Å². The van der Waals surface area contributed by atoms with E-state index in [2.05, 4.69) is 5.32 Å². The Morgan fingerprint density at radius 1 is 0.690 bits per heavy atom. The van der Waals surface area contributed by atoms with Crippen LogP contribution < -0.4 is 5.32 Å². The van der Waals surface area contributed by atoms with Crippen LogP contribution in [0.5, 0.6) is 0 Å². The van der Waals surface area contributed by atoms with Gasteiger partial charge in [0.1, 0.15) is 0 Å². The van der Waals surface area contributed by atoms with Gasteiger partial charge in [0.2, 0.25) is 12.2 Å². The molecule has 2 atom stereocenters. The lowest BCUT2D eigenvalue weighted by Crippen LogP contribution is -2.48. The number of anilines is 1. The molecule has 0 radical (unpaired) electrons. The minimum Gasteiger partial charge on any atom is -0.478 e. The van der Waals surface area contributed by atoms with E-state index in [1.807, 2.05) is 0 Å². The molecule has 222 valence electrons. The molecule has 0 aliphatic heterocycles. The molecule has 0 saturated heterocycles. The van der Waals surface area contributed by atoms with Crippen molar-refractivity contribution in [3.63, 3.8) is 0 Å². The van der Waals surface area contributed by atoms with E-state index in [0.29, 0.717) is 24.3 Å². The average molecular weight is 638 g/mol. The molecule has 0 aliphatic carbocycles. The third kappa shape index (κ3) is 8.36. The number of nitrogens with one attached hydrogen (secondary N) is 1. The average Bonchev–Trinajstić information content (AvgIpc) is 2.88. The summed E-state index contributed by atoms with van der Waals surface area (Å²) in [5, 5.41) is 11.9. The van der Waals surface area contributed by atoms with Crippen molar-refractivity contribution in [2.24, 2.45) is 0 Å². The molecule has 0 heterocycles. The van der Waals surface area contributed by atoms with Gasteiger partial charge in [0.05, 0.1) is 22.3 Å². The number of hydrogen-bond donors (Lipinski definition) is 2. The zero-order valence-electron chi connectivity index (χ0n) is 20.4. The molecule has 1 amide bonds. The monoisotopic (exact) mass is 637 g/mol. The predicted molar refractivity (Wildman–Crippen MR) is 134 cm³/mol. The minimum absolute atomic E-state index is 0.000990. The van der Waals surface area contributed by atoms with Crippen LogP contribution in [0, 0.1) is 0 Å². The SMILES string of the molecule is O=C(O[C@H](C(=O)O)[C@H](OC(=O)c1cccc(C(F)(F)F)c1)C(=O)Nc1cc(Cl)cc(Cl)c1)c1cccc(C(F)(F)F)c1. The van der Waals surface area contributed by atoms with E-state index in [0.717, 1.165) is 36.4 Å². The summed E-state index contributed by atoms with van der Waals surface area (Å²) in [6, 6.07) is 8.89. The number of halogens is 8. The number of ether oxygens (including phenoxy) is 2. The molecule has 42 heavy (non-hydrogen) atoms. The molecule has 0 fully saturated rings. The Hall–Kier alpha value is -4.30. The maximum absolute atomic E-state index is 13.1. The van der Waals surface area contributed by atoms with Crippen molar-refractivity contribution in [2.75, 3.05) is 5.32 Å². The van der Waals surface area contributed by atoms with Crippen LogP contribution in [0.25, 0.3) is 0 Å². The molecule has 8 nitrogen and oxygen atoms in total. The van der Waals surface area contributed by atoms with Crippen molar-refractivity contribution in [3.05, 3.63) is 99.0 Å². The van der Waals surface area contributed by atoms with Gasteiger partial charge in [0, 0.05) is 15.7 Å². The minimum atomic E-state index is -4.89. The number of esters is 2. The quantitative estimate of drug-likeness (QED) is 0.214. The fourth-order valence-corrected chi connectivity index (χ4v) is 3.87. The summed E-state index contributed by atoms with van der Waals surface area (Å²) >= 11 is 11.7. The normalized spacial score (nSPS) is 13.0. The molecule has 0 spiro atoms. The Morgan fingerprint density at radius 2 is 1.12 bits per heavy atom. The summed E-state index contributed by atoms with van der Waals surface area (Å²) in [5.41, 5.74) is -4.27. The van der Waals surface area contributed by atoms with Crippen LogP contribution in [-0.4, -0.2) is 41.1 Å². The maximum atomic E-state index is 13.1. The number of hydrogen-bond acceptors (Lipinski definition) is 6. The van der Waals surface area contributed by atoms with Crippen LogP contribution in [0.1, 0.15) is 31.8 Å². The Balaban J connectivity index is 1.99. The summed E-state index contributed by atoms with van der Waals surface area (Å²) in [6.45, 7) is 0. The van der Waals surface area contributed by atoms with Crippen molar-refractivity contribution in [1.82, 2.24) is 0 Å². The number of benzene rings is 3. The van der Waals surface area contributed by atoms with Crippen LogP contribution >= 0.6 is 23.2 Å². The fourth-order valence-electron chi connectivity index (χ4n) is 3.35. The van der Waals surface area contributed by atoms with Gasteiger partial charge < -0.3 is 19.9 Å². The zero-order valence-corrected chi connectivity index (χ0v) is 21.9. The third-order valence-corrected chi connectivity index (χ3v) is 5.66. The largest absolute Gasteiger partial charge is 0.478 e. The van der Waals surface area contributed by atoms with Gasteiger partial charge in [-0.05, 0) is 54.6 Å². The molecule has 0 saturated carbocycles. The molecule has 3 rings (SSSR count). The first-order valence-corrected chi connectivity index (χ1v) is 12.0. The second-order valence-electron chi connectivity index (χ2n) is 8.29. The second-order valence-corrected chi connectivity index (χ2v) is 9.17. The standard InChI is InChI=1S/C26H15Cl2F6NO7/c27-16-9-17(28)11-18(10-16)35-21(36)19(41-23(39)12-3-1-5-14(7-12)25(29,30)31)20(22(37)38)42-24(40)13-4-2-6-15(8-13)26(32,33)34/h1-11,19-20H,(H,35,36)(H,37,38)/t19-,20-/m0/s1. The maximum Gasteiger partial charge on any atom is 0.416 e. The molecule has 0 aliphatic rings. The van der Waals surface area contributed by atoms with E-state index in [9.17, 15) is 50.6 Å². The van der Waals surface area contributed by atoms with Crippen LogP contribution in [-0.2, 0) is 31.4 Å². The summed E-state index contributed by atoms with van der Waals surface area (Å²) < 4.78 is 88.3. The van der Waals surface area contributed by atoms with Gasteiger partial charge in [0.15, 0.2) is 0 Å². The van der Waals surface area contributed by atoms with Gasteiger partial charge in [-0.3, -0.25) is 4.79 Å². The number of aliphatic carboxylic acids is 1. The Morgan fingerprint density at radius 3 is 1.52 bits per heavy atom. The van der Waals surface area contributed by atoms with E-state index in [4.69, 9.17) is 32.7 Å². The Bertz CT molecular complexity index is 1510. The molecule has 2 N–H and O–H groups in total. The summed E-state index contributed by atoms with van der Waals surface area (Å²) in [6.07, 6.45) is -15.1. The lowest BCUT2D eigenvalue weighted by molar-refractivity contribution is -0.157. The van der Waals surface area contributed by atoms with Gasteiger partial charge in [0.25, 0.3) is 5.91 Å². The van der Waals surface area contributed by atoms with Gasteiger partial charge in [-0.1, -0.05) is 35.3 Å². The van der Waals surface area contributed by atoms with Crippen molar-refractivity contribution in [2.45, 2.75) is 24.6 Å². The number of carboxylic acids is 1. The van der Waals surface area contributed by atoms with Gasteiger partial charge in [-0.15, -0.1) is 0 Å². The van der Waals surface area contributed by atoms with Crippen LogP contribution in [0.15, 0.2) is 66.7 Å². The highest BCUT2D eigenvalue weighted by molar-refractivity contribution is 6.35. The first kappa shape index (κ1) is 32.2. The lowest BCUT2D eigenvalue weighted by Gasteiger charge is -2.24. The van der Waals surface area contributed by atoms with Crippen LogP contribution in [0.2, 0.25) is 10.0 Å². The Labute approximate surface area is 241 Å². The third-order valence-electron chi connectivity index (χ3n) is 5.23. The smallest absolute Gasteiger partial charge is 0.416 e. The highest BCUT2D eigenvalue weighted by atomic mass is 35.5. The number of carbonyl (C=O) groups excluding carboxylic acids is 3. The summed E-state index contributed by atoms with van der Waals surface area (Å²) in [5.74, 6) is -6.87. The second kappa shape index (κ2) is 12.7. The first-order chi connectivity index (χ1) is 19.5. The molecule has 0 aromatic heterocycles. The number of alkyl halides is 6. The van der Waals surface area contributed by atoms with Crippen molar-refractivity contribution >= 4 is 52.7 Å². The van der Waals surface area contributed by atoms with Crippen LogP contribution in [0.4, 0.5) is 32.0 Å². The molecular weight excluding hydrogens is 623 g/mol. The van der Waals surface area contributed by atoms with Crippen LogP contribution in [0.3, 0.4) is 0 Å².